The highest BCUT2D eigenvalue weighted by Crippen LogP contribution is 2.13. The summed E-state index contributed by atoms with van der Waals surface area (Å²) < 4.78 is 0. The van der Waals surface area contributed by atoms with Crippen molar-refractivity contribution in [2.45, 2.75) is 65.7 Å². The van der Waals surface area contributed by atoms with Crippen LogP contribution in [0.5, 0.6) is 0 Å². The normalized spacial score (nSPS) is 17.4. The van der Waals surface area contributed by atoms with E-state index in [9.17, 15) is 4.79 Å². The summed E-state index contributed by atoms with van der Waals surface area (Å²) in [6.45, 7) is 10.6. The van der Waals surface area contributed by atoms with Crippen molar-refractivity contribution in [2.75, 3.05) is 26.2 Å². The average Bonchev–Trinajstić information content (AvgIpc) is 2.37. The van der Waals surface area contributed by atoms with Crippen molar-refractivity contribution in [1.82, 2.24) is 10.2 Å². The van der Waals surface area contributed by atoms with Crippen molar-refractivity contribution in [3.63, 3.8) is 0 Å². The fourth-order valence-corrected chi connectivity index (χ4v) is 2.46. The maximum Gasteiger partial charge on any atom is 0.225 e. The van der Waals surface area contributed by atoms with E-state index in [1.807, 2.05) is 20.8 Å². The number of rotatable bonds is 7. The van der Waals surface area contributed by atoms with E-state index in [4.69, 9.17) is 0 Å². The van der Waals surface area contributed by atoms with E-state index < -0.39 is 0 Å². The minimum Gasteiger partial charge on any atom is -0.356 e. The van der Waals surface area contributed by atoms with Crippen LogP contribution in [0.2, 0.25) is 0 Å². The summed E-state index contributed by atoms with van der Waals surface area (Å²) in [5, 5.41) is 3.01. The number of likely N-dealkylation sites (tertiary alicyclic amines) is 1. The van der Waals surface area contributed by atoms with Crippen LogP contribution < -0.4 is 5.32 Å². The quantitative estimate of drug-likeness (QED) is 0.719. The Labute approximate surface area is 119 Å². The molecule has 1 amide bonds. The summed E-state index contributed by atoms with van der Waals surface area (Å²) in [6, 6.07) is 0. The van der Waals surface area contributed by atoms with Crippen LogP contribution in [0, 0.1) is 5.41 Å². The topological polar surface area (TPSA) is 32.3 Å². The molecular formula is C16H32N2O. The lowest BCUT2D eigenvalue weighted by Crippen LogP contribution is -2.35. The van der Waals surface area contributed by atoms with Gasteiger partial charge < -0.3 is 10.2 Å². The second-order valence-electron chi connectivity index (χ2n) is 6.82. The van der Waals surface area contributed by atoms with E-state index in [-0.39, 0.29) is 11.3 Å². The van der Waals surface area contributed by atoms with Crippen LogP contribution in [-0.4, -0.2) is 37.0 Å². The van der Waals surface area contributed by atoms with Crippen molar-refractivity contribution in [2.24, 2.45) is 5.41 Å². The average molecular weight is 268 g/mol. The molecule has 0 atom stereocenters. The summed E-state index contributed by atoms with van der Waals surface area (Å²) in [7, 11) is 0. The minimum absolute atomic E-state index is 0.167. The highest BCUT2D eigenvalue weighted by molar-refractivity contribution is 5.81. The number of carbonyl (C=O) groups is 1. The zero-order valence-electron chi connectivity index (χ0n) is 13.1. The van der Waals surface area contributed by atoms with Crippen LogP contribution in [-0.2, 0) is 4.79 Å². The molecule has 3 heteroatoms. The number of nitrogens with zero attached hydrogens (tertiary/aromatic N) is 1. The third-order valence-corrected chi connectivity index (χ3v) is 3.82. The molecule has 0 spiro atoms. The molecule has 3 nitrogen and oxygen atoms in total. The van der Waals surface area contributed by atoms with Crippen molar-refractivity contribution in [3.8, 4) is 0 Å². The molecule has 0 aliphatic carbocycles. The lowest BCUT2D eigenvalue weighted by molar-refractivity contribution is -0.128. The largest absolute Gasteiger partial charge is 0.356 e. The van der Waals surface area contributed by atoms with Crippen molar-refractivity contribution >= 4 is 5.91 Å². The van der Waals surface area contributed by atoms with Crippen LogP contribution in [0.15, 0.2) is 0 Å². The maximum absolute atomic E-state index is 11.6. The first-order valence-electron chi connectivity index (χ1n) is 8.01. The monoisotopic (exact) mass is 268 g/mol. The summed E-state index contributed by atoms with van der Waals surface area (Å²) in [5.74, 6) is 0.167. The highest BCUT2D eigenvalue weighted by atomic mass is 16.2. The van der Waals surface area contributed by atoms with Gasteiger partial charge in [-0.1, -0.05) is 40.0 Å². The van der Waals surface area contributed by atoms with Gasteiger partial charge in [0.25, 0.3) is 0 Å². The second-order valence-corrected chi connectivity index (χ2v) is 6.82. The van der Waals surface area contributed by atoms with Crippen molar-refractivity contribution in [1.29, 1.82) is 0 Å². The van der Waals surface area contributed by atoms with Gasteiger partial charge in [0.15, 0.2) is 0 Å². The van der Waals surface area contributed by atoms with Gasteiger partial charge in [-0.25, -0.2) is 0 Å². The molecule has 1 heterocycles. The van der Waals surface area contributed by atoms with Crippen molar-refractivity contribution in [3.05, 3.63) is 0 Å². The number of unbranched alkanes of at least 4 members (excludes halogenated alkanes) is 3. The predicted molar refractivity (Wildman–Crippen MR) is 81.2 cm³/mol. The first kappa shape index (κ1) is 16.5. The summed E-state index contributed by atoms with van der Waals surface area (Å²) in [6.07, 6.45) is 9.15. The van der Waals surface area contributed by atoms with Crippen LogP contribution >= 0.6 is 0 Å². The van der Waals surface area contributed by atoms with E-state index in [0.29, 0.717) is 0 Å². The first-order valence-corrected chi connectivity index (χ1v) is 8.01. The summed E-state index contributed by atoms with van der Waals surface area (Å²) >= 11 is 0. The van der Waals surface area contributed by atoms with Gasteiger partial charge in [-0.15, -0.1) is 0 Å². The molecule has 0 bridgehead atoms. The molecule has 0 radical (unpaired) electrons. The number of hydrogen-bond acceptors (Lipinski definition) is 2. The molecule has 0 unspecified atom stereocenters. The molecule has 19 heavy (non-hydrogen) atoms. The third-order valence-electron chi connectivity index (χ3n) is 3.82. The fraction of sp³-hybridized carbons (Fsp3) is 0.938. The van der Waals surface area contributed by atoms with E-state index in [0.717, 1.165) is 13.0 Å². The van der Waals surface area contributed by atoms with E-state index in [1.165, 1.54) is 58.2 Å². The zero-order valence-corrected chi connectivity index (χ0v) is 13.1. The molecule has 1 rings (SSSR count). The number of amides is 1. The minimum atomic E-state index is -0.256. The number of piperidine rings is 1. The lowest BCUT2D eigenvalue weighted by Gasteiger charge is -2.26. The Balaban J connectivity index is 1.90. The molecule has 0 aromatic rings. The van der Waals surface area contributed by atoms with Gasteiger partial charge >= 0.3 is 0 Å². The van der Waals surface area contributed by atoms with Crippen molar-refractivity contribution < 1.29 is 4.79 Å². The van der Waals surface area contributed by atoms with Crippen LogP contribution in [0.3, 0.4) is 0 Å². The number of hydrogen-bond donors (Lipinski definition) is 1. The predicted octanol–water partition coefficient (Wildman–Crippen LogP) is 3.20. The molecule has 1 N–H and O–H groups in total. The Morgan fingerprint density at radius 3 is 2.26 bits per heavy atom. The van der Waals surface area contributed by atoms with Crippen LogP contribution in [0.4, 0.5) is 0 Å². The second kappa shape index (κ2) is 8.57. The SMILES string of the molecule is CC(C)(C)C(=O)NCCCCCCN1CCCCC1. The van der Waals surface area contributed by atoms with Gasteiger partial charge in [0.1, 0.15) is 0 Å². The Morgan fingerprint density at radius 1 is 1.00 bits per heavy atom. The van der Waals surface area contributed by atoms with Gasteiger partial charge in [-0.2, -0.15) is 0 Å². The molecule has 112 valence electrons. The standard InChI is InChI=1S/C16H32N2O/c1-16(2,3)15(19)17-11-7-4-5-8-12-18-13-9-6-10-14-18/h4-14H2,1-3H3,(H,17,19). The molecule has 1 aliphatic heterocycles. The summed E-state index contributed by atoms with van der Waals surface area (Å²) in [4.78, 5) is 14.2. The molecule has 1 saturated heterocycles. The zero-order chi connectivity index (χ0) is 14.1. The van der Waals surface area contributed by atoms with Crippen LogP contribution in [0.1, 0.15) is 65.7 Å². The maximum atomic E-state index is 11.6. The number of carbonyl (C=O) groups excluding carboxylic acids is 1. The molecular weight excluding hydrogens is 236 g/mol. The molecule has 1 fully saturated rings. The molecule has 0 aromatic heterocycles. The van der Waals surface area contributed by atoms with Gasteiger partial charge in [-0.3, -0.25) is 4.79 Å². The summed E-state index contributed by atoms with van der Waals surface area (Å²) in [5.41, 5.74) is -0.256. The highest BCUT2D eigenvalue weighted by Gasteiger charge is 2.20. The Morgan fingerprint density at radius 2 is 1.63 bits per heavy atom. The van der Waals surface area contributed by atoms with E-state index in [2.05, 4.69) is 10.2 Å². The third kappa shape index (κ3) is 7.56. The fourth-order valence-electron chi connectivity index (χ4n) is 2.46. The molecule has 0 saturated carbocycles. The Hall–Kier alpha value is -0.570. The van der Waals surface area contributed by atoms with Crippen LogP contribution in [0.25, 0.3) is 0 Å². The van der Waals surface area contributed by atoms with Gasteiger partial charge in [-0.05, 0) is 45.3 Å². The molecule has 0 aromatic carbocycles. The smallest absolute Gasteiger partial charge is 0.225 e. The first-order chi connectivity index (χ1) is 9.00. The Bertz CT molecular complexity index is 252. The van der Waals surface area contributed by atoms with Gasteiger partial charge in [0.05, 0.1) is 0 Å². The van der Waals surface area contributed by atoms with Gasteiger partial charge in [0.2, 0.25) is 5.91 Å². The van der Waals surface area contributed by atoms with Gasteiger partial charge in [0, 0.05) is 12.0 Å². The lowest BCUT2D eigenvalue weighted by atomic mass is 9.96. The Kier molecular flexibility index (Phi) is 7.44. The number of nitrogens with one attached hydrogen (secondary N) is 1. The van der Waals surface area contributed by atoms with E-state index in [1.54, 1.807) is 0 Å². The van der Waals surface area contributed by atoms with E-state index >= 15 is 0 Å². The molecule has 1 aliphatic rings.